The SMILES string of the molecule is CCn1cncc1Cn1c(CN2CCC(Cc3cccc4c3OC(C)(c3ccc(Cl)cn3)O4)CC2)nc2ccc(C(=O)O)cc21. The summed E-state index contributed by atoms with van der Waals surface area (Å²) in [5.41, 5.74) is 4.76. The van der Waals surface area contributed by atoms with E-state index in [2.05, 4.69) is 37.0 Å². The number of halogens is 1. The van der Waals surface area contributed by atoms with Gasteiger partial charge in [-0.1, -0.05) is 23.7 Å². The molecule has 11 heteroatoms. The number of benzene rings is 2. The van der Waals surface area contributed by atoms with Gasteiger partial charge in [-0.25, -0.2) is 14.8 Å². The maximum atomic E-state index is 11.8. The first-order chi connectivity index (χ1) is 21.8. The van der Waals surface area contributed by atoms with E-state index in [1.807, 2.05) is 37.6 Å². The highest BCUT2D eigenvalue weighted by Gasteiger charge is 2.41. The zero-order valence-corrected chi connectivity index (χ0v) is 26.1. The van der Waals surface area contributed by atoms with E-state index >= 15 is 0 Å². The van der Waals surface area contributed by atoms with Gasteiger partial charge in [0.25, 0.3) is 5.79 Å². The lowest BCUT2D eigenvalue weighted by Crippen LogP contribution is -2.35. The van der Waals surface area contributed by atoms with E-state index in [9.17, 15) is 9.90 Å². The minimum absolute atomic E-state index is 0.256. The van der Waals surface area contributed by atoms with Gasteiger partial charge in [-0.3, -0.25) is 9.88 Å². The van der Waals surface area contributed by atoms with Crippen molar-refractivity contribution in [2.24, 2.45) is 5.92 Å². The van der Waals surface area contributed by atoms with Gasteiger partial charge in [0.1, 0.15) is 11.5 Å². The fraction of sp³-hybridized carbons (Fsp3) is 0.353. The van der Waals surface area contributed by atoms with Crippen molar-refractivity contribution >= 4 is 28.6 Å². The van der Waals surface area contributed by atoms with Crippen LogP contribution in [-0.4, -0.2) is 53.2 Å². The highest BCUT2D eigenvalue weighted by molar-refractivity contribution is 6.30. The van der Waals surface area contributed by atoms with Crippen LogP contribution >= 0.6 is 11.6 Å². The Bertz CT molecular complexity index is 1860. The molecule has 1 saturated heterocycles. The highest BCUT2D eigenvalue weighted by Crippen LogP contribution is 2.46. The topological polar surface area (TPSA) is 108 Å². The summed E-state index contributed by atoms with van der Waals surface area (Å²) in [5, 5.41) is 10.2. The first-order valence-electron chi connectivity index (χ1n) is 15.4. The third-order valence-electron chi connectivity index (χ3n) is 8.97. The molecule has 1 N–H and O–H groups in total. The van der Waals surface area contributed by atoms with Crippen molar-refractivity contribution in [3.8, 4) is 11.5 Å². The van der Waals surface area contributed by atoms with E-state index < -0.39 is 11.8 Å². The molecule has 3 aromatic heterocycles. The number of hydrogen-bond donors (Lipinski definition) is 1. The summed E-state index contributed by atoms with van der Waals surface area (Å²) in [4.78, 5) is 27.9. The molecule has 0 amide bonds. The number of nitrogens with zero attached hydrogens (tertiary/aromatic N) is 6. The number of aryl methyl sites for hydroxylation is 1. The first kappa shape index (κ1) is 29.3. The molecule has 1 fully saturated rings. The number of carboxylic acids is 1. The van der Waals surface area contributed by atoms with Gasteiger partial charge in [-0.05, 0) is 87.2 Å². The van der Waals surface area contributed by atoms with Crippen molar-refractivity contribution in [2.45, 2.75) is 58.5 Å². The Morgan fingerprint density at radius 3 is 2.69 bits per heavy atom. The Morgan fingerprint density at radius 1 is 1.09 bits per heavy atom. The molecule has 5 heterocycles. The third-order valence-corrected chi connectivity index (χ3v) is 9.19. The number of para-hydroxylation sites is 1. The molecule has 0 spiro atoms. The van der Waals surface area contributed by atoms with Crippen LogP contribution in [-0.2, 0) is 31.8 Å². The molecule has 7 rings (SSSR count). The number of carboxylic acid groups (broad SMARTS) is 1. The fourth-order valence-corrected chi connectivity index (χ4v) is 6.59. The summed E-state index contributed by atoms with van der Waals surface area (Å²) < 4.78 is 16.9. The molecular weight excluding hydrogens is 592 g/mol. The maximum absolute atomic E-state index is 11.8. The predicted molar refractivity (Wildman–Crippen MR) is 170 cm³/mol. The van der Waals surface area contributed by atoms with Gasteiger partial charge in [0.15, 0.2) is 11.5 Å². The van der Waals surface area contributed by atoms with Crippen LogP contribution in [0.4, 0.5) is 0 Å². The summed E-state index contributed by atoms with van der Waals surface area (Å²) in [5.74, 6) is 1.01. The number of piperidine rings is 1. The van der Waals surface area contributed by atoms with Gasteiger partial charge in [0.2, 0.25) is 0 Å². The van der Waals surface area contributed by atoms with Crippen molar-refractivity contribution < 1.29 is 19.4 Å². The van der Waals surface area contributed by atoms with Crippen molar-refractivity contribution in [1.82, 2.24) is 29.0 Å². The molecule has 5 aromatic rings. The summed E-state index contributed by atoms with van der Waals surface area (Å²) in [6.07, 6.45) is 8.31. The molecule has 2 aliphatic heterocycles. The molecule has 45 heavy (non-hydrogen) atoms. The number of rotatable bonds is 9. The summed E-state index contributed by atoms with van der Waals surface area (Å²) in [6.45, 7) is 7.93. The quantitative estimate of drug-likeness (QED) is 0.208. The number of imidazole rings is 2. The lowest BCUT2D eigenvalue weighted by molar-refractivity contribution is -0.0721. The van der Waals surface area contributed by atoms with E-state index in [-0.39, 0.29) is 5.56 Å². The van der Waals surface area contributed by atoms with Crippen LogP contribution in [0.1, 0.15) is 59.8 Å². The zero-order chi connectivity index (χ0) is 31.1. The second kappa shape index (κ2) is 11.8. The molecule has 1 unspecified atom stereocenters. The number of likely N-dealkylation sites (tertiary alicyclic amines) is 1. The molecule has 0 bridgehead atoms. The lowest BCUT2D eigenvalue weighted by Gasteiger charge is -2.32. The number of aromatic carboxylic acids is 1. The van der Waals surface area contributed by atoms with Crippen molar-refractivity contribution in [3.63, 3.8) is 0 Å². The largest absolute Gasteiger partial charge is 0.478 e. The molecule has 0 aliphatic carbocycles. The Labute approximate surface area is 266 Å². The van der Waals surface area contributed by atoms with Crippen LogP contribution in [0.5, 0.6) is 11.5 Å². The van der Waals surface area contributed by atoms with Crippen LogP contribution in [0.15, 0.2) is 67.3 Å². The Balaban J connectivity index is 1.05. The van der Waals surface area contributed by atoms with Crippen molar-refractivity contribution in [1.29, 1.82) is 0 Å². The molecule has 232 valence electrons. The number of carbonyl (C=O) groups is 1. The first-order valence-corrected chi connectivity index (χ1v) is 15.7. The zero-order valence-electron chi connectivity index (χ0n) is 25.3. The van der Waals surface area contributed by atoms with Gasteiger partial charge < -0.3 is 23.7 Å². The molecular formula is C34H35ClN6O4. The highest BCUT2D eigenvalue weighted by atomic mass is 35.5. The van der Waals surface area contributed by atoms with E-state index in [0.717, 1.165) is 78.5 Å². The normalized spacial score (nSPS) is 18.6. The Hall–Kier alpha value is -4.41. The number of pyridine rings is 1. The van der Waals surface area contributed by atoms with E-state index in [0.29, 0.717) is 29.7 Å². The van der Waals surface area contributed by atoms with Crippen molar-refractivity contribution in [2.75, 3.05) is 13.1 Å². The van der Waals surface area contributed by atoms with Crippen LogP contribution in [0, 0.1) is 5.92 Å². The molecule has 0 saturated carbocycles. The minimum atomic E-state index is -1.00. The van der Waals surface area contributed by atoms with Crippen molar-refractivity contribution in [3.05, 3.63) is 101 Å². The van der Waals surface area contributed by atoms with Crippen LogP contribution in [0.3, 0.4) is 0 Å². The van der Waals surface area contributed by atoms with E-state index in [4.69, 9.17) is 26.1 Å². The van der Waals surface area contributed by atoms with Crippen LogP contribution < -0.4 is 9.47 Å². The van der Waals surface area contributed by atoms with E-state index in [1.54, 1.807) is 30.5 Å². The molecule has 10 nitrogen and oxygen atoms in total. The standard InChI is InChI=1S/C34H35ClN6O4/c1-3-40-21-36-18-26(40)19-41-28-16-24(33(42)43)7-9-27(28)38-31(41)20-39-13-11-22(12-14-39)15-23-5-4-6-29-32(23)45-34(2,44-29)30-10-8-25(35)17-37-30/h4-10,16-18,21-22H,3,11-15,19-20H2,1-2H3,(H,42,43). The smallest absolute Gasteiger partial charge is 0.335 e. The predicted octanol–water partition coefficient (Wildman–Crippen LogP) is 6.15. The van der Waals surface area contributed by atoms with Crippen LogP contribution in [0.2, 0.25) is 5.02 Å². The average Bonchev–Trinajstić information content (AvgIpc) is 3.74. The number of fused-ring (bicyclic) bond motifs is 2. The molecule has 1 atom stereocenters. The number of aromatic nitrogens is 5. The van der Waals surface area contributed by atoms with Crippen LogP contribution in [0.25, 0.3) is 11.0 Å². The number of ether oxygens (including phenoxy) is 2. The van der Waals surface area contributed by atoms with Gasteiger partial charge in [-0.2, -0.15) is 0 Å². The van der Waals surface area contributed by atoms with Gasteiger partial charge in [0.05, 0.1) is 46.7 Å². The van der Waals surface area contributed by atoms with Gasteiger partial charge in [0, 0.05) is 25.9 Å². The summed E-state index contributed by atoms with van der Waals surface area (Å²) in [6, 6.07) is 14.9. The summed E-state index contributed by atoms with van der Waals surface area (Å²) in [7, 11) is 0. The summed E-state index contributed by atoms with van der Waals surface area (Å²) >= 11 is 6.05. The Kier molecular flexibility index (Phi) is 7.71. The number of hydrogen-bond acceptors (Lipinski definition) is 7. The van der Waals surface area contributed by atoms with Gasteiger partial charge in [-0.15, -0.1) is 0 Å². The lowest BCUT2D eigenvalue weighted by atomic mass is 9.89. The minimum Gasteiger partial charge on any atom is -0.478 e. The third kappa shape index (κ3) is 5.76. The fourth-order valence-electron chi connectivity index (χ4n) is 6.48. The Morgan fingerprint density at radius 2 is 1.93 bits per heavy atom. The maximum Gasteiger partial charge on any atom is 0.335 e. The molecule has 2 aromatic carbocycles. The second-order valence-corrected chi connectivity index (χ2v) is 12.4. The average molecular weight is 627 g/mol. The second-order valence-electron chi connectivity index (χ2n) is 12.0. The molecule has 2 aliphatic rings. The molecule has 0 radical (unpaired) electrons. The monoisotopic (exact) mass is 626 g/mol. The van der Waals surface area contributed by atoms with E-state index in [1.165, 1.54) is 0 Å². The van der Waals surface area contributed by atoms with Gasteiger partial charge >= 0.3 is 5.97 Å².